The molecule has 0 saturated carbocycles. The van der Waals surface area contributed by atoms with Gasteiger partial charge in [0, 0.05) is 29.7 Å². The van der Waals surface area contributed by atoms with Crippen molar-refractivity contribution < 1.29 is 0 Å². The second-order valence-corrected chi connectivity index (χ2v) is 5.68. The Kier molecular flexibility index (Phi) is 3.53. The summed E-state index contributed by atoms with van der Waals surface area (Å²) in [4.78, 5) is 10.3. The Morgan fingerprint density at radius 1 is 1.32 bits per heavy atom. The van der Waals surface area contributed by atoms with Crippen LogP contribution in [0, 0.1) is 0 Å². The molecule has 0 spiro atoms. The number of nitrogens with one attached hydrogen (secondary N) is 2. The topological polar surface area (TPSA) is 44.0 Å². The first-order valence-electron chi connectivity index (χ1n) is 7.06. The Bertz CT molecular complexity index is 552. The zero-order valence-electron chi connectivity index (χ0n) is 11.7. The van der Waals surface area contributed by atoms with E-state index < -0.39 is 0 Å². The van der Waals surface area contributed by atoms with Crippen molar-refractivity contribution in [3.63, 3.8) is 0 Å². The number of H-pyrrole nitrogens is 1. The van der Waals surface area contributed by atoms with Gasteiger partial charge in [0.25, 0.3) is 0 Å². The zero-order chi connectivity index (χ0) is 13.2. The van der Waals surface area contributed by atoms with Gasteiger partial charge in [-0.1, -0.05) is 0 Å². The van der Waals surface area contributed by atoms with Gasteiger partial charge < -0.3 is 15.2 Å². The molecule has 0 aliphatic carbocycles. The lowest BCUT2D eigenvalue weighted by Crippen LogP contribution is -2.27. The van der Waals surface area contributed by atoms with Gasteiger partial charge in [-0.05, 0) is 57.7 Å². The summed E-state index contributed by atoms with van der Waals surface area (Å²) >= 11 is 0. The Morgan fingerprint density at radius 3 is 2.84 bits per heavy atom. The normalized spacial score (nSPS) is 17.4. The molecular formula is C15H22N4. The second kappa shape index (κ2) is 5.31. The van der Waals surface area contributed by atoms with Crippen LogP contribution in [0.4, 0.5) is 0 Å². The molecule has 3 heterocycles. The quantitative estimate of drug-likeness (QED) is 0.886. The lowest BCUT2D eigenvalue weighted by atomic mass is 9.91. The monoisotopic (exact) mass is 258 g/mol. The molecule has 2 aromatic rings. The van der Waals surface area contributed by atoms with Crippen molar-refractivity contribution in [2.24, 2.45) is 0 Å². The minimum Gasteiger partial charge on any atom is -0.343 e. The highest BCUT2D eigenvalue weighted by Gasteiger charge is 2.22. The summed E-state index contributed by atoms with van der Waals surface area (Å²) in [6.45, 7) is 3.22. The summed E-state index contributed by atoms with van der Waals surface area (Å²) in [7, 11) is 4.25. The van der Waals surface area contributed by atoms with E-state index in [0.29, 0.717) is 5.92 Å². The van der Waals surface area contributed by atoms with Gasteiger partial charge in [-0.3, -0.25) is 0 Å². The molecular weight excluding hydrogens is 236 g/mol. The summed E-state index contributed by atoms with van der Waals surface area (Å²) in [5.41, 5.74) is 3.87. The number of aromatic amines is 1. The lowest BCUT2D eigenvalue weighted by Gasteiger charge is -2.23. The maximum atomic E-state index is 4.47. The van der Waals surface area contributed by atoms with Gasteiger partial charge in [0.15, 0.2) is 0 Å². The van der Waals surface area contributed by atoms with E-state index in [1.807, 2.05) is 12.3 Å². The third-order valence-corrected chi connectivity index (χ3v) is 3.93. The van der Waals surface area contributed by atoms with Gasteiger partial charge in [-0.15, -0.1) is 0 Å². The van der Waals surface area contributed by atoms with Crippen LogP contribution >= 0.6 is 0 Å². The van der Waals surface area contributed by atoms with Crippen molar-refractivity contribution in [1.29, 1.82) is 0 Å². The number of hydrogen-bond donors (Lipinski definition) is 2. The summed E-state index contributed by atoms with van der Waals surface area (Å²) in [5, 5.41) is 4.72. The van der Waals surface area contributed by atoms with E-state index in [0.717, 1.165) is 25.3 Å². The first-order chi connectivity index (χ1) is 9.25. The Hall–Kier alpha value is -1.39. The number of nitrogens with zero attached hydrogens (tertiary/aromatic N) is 2. The summed E-state index contributed by atoms with van der Waals surface area (Å²) in [6, 6.07) is 4.21. The number of fused-ring (bicyclic) bond motifs is 1. The Labute approximate surface area is 114 Å². The van der Waals surface area contributed by atoms with Crippen LogP contribution in [0.3, 0.4) is 0 Å². The van der Waals surface area contributed by atoms with E-state index in [9.17, 15) is 0 Å². The van der Waals surface area contributed by atoms with Crippen LogP contribution in [0.15, 0.2) is 18.3 Å². The number of hydrogen-bond acceptors (Lipinski definition) is 3. The van der Waals surface area contributed by atoms with E-state index in [1.54, 1.807) is 0 Å². The highest BCUT2D eigenvalue weighted by molar-refractivity contribution is 5.81. The molecule has 1 aliphatic rings. The zero-order valence-corrected chi connectivity index (χ0v) is 11.7. The van der Waals surface area contributed by atoms with E-state index in [-0.39, 0.29) is 0 Å². The van der Waals surface area contributed by atoms with Crippen LogP contribution in [0.5, 0.6) is 0 Å². The van der Waals surface area contributed by atoms with Crippen molar-refractivity contribution in [2.75, 3.05) is 27.2 Å². The first kappa shape index (κ1) is 12.6. The number of piperidine rings is 1. The predicted molar refractivity (Wildman–Crippen MR) is 78.3 cm³/mol. The molecule has 2 aromatic heterocycles. The molecule has 4 heteroatoms. The molecule has 0 unspecified atom stereocenters. The average molecular weight is 258 g/mol. The maximum Gasteiger partial charge on any atom is 0.137 e. The standard InChI is InChI=1S/C15H22N4/c1-19(2)10-13-12-4-3-7-17-15(12)18-14(13)11-5-8-16-9-6-11/h3-4,7,11,16H,5-6,8-10H2,1-2H3,(H,17,18). The van der Waals surface area contributed by atoms with Gasteiger partial charge in [-0.25, -0.2) is 4.98 Å². The molecule has 0 radical (unpaired) electrons. The SMILES string of the molecule is CN(C)Cc1c(C2CCNCC2)[nH]c2ncccc12. The third kappa shape index (κ3) is 2.51. The average Bonchev–Trinajstić information content (AvgIpc) is 2.78. The van der Waals surface area contributed by atoms with Crippen molar-refractivity contribution in [2.45, 2.75) is 25.3 Å². The smallest absolute Gasteiger partial charge is 0.137 e. The molecule has 0 amide bonds. The fourth-order valence-corrected chi connectivity index (χ4v) is 3.04. The van der Waals surface area contributed by atoms with Crippen LogP contribution in [0.2, 0.25) is 0 Å². The maximum absolute atomic E-state index is 4.47. The molecule has 102 valence electrons. The third-order valence-electron chi connectivity index (χ3n) is 3.93. The summed E-state index contributed by atoms with van der Waals surface area (Å²) in [6.07, 6.45) is 4.30. The van der Waals surface area contributed by atoms with Gasteiger partial charge in [-0.2, -0.15) is 0 Å². The van der Waals surface area contributed by atoms with Gasteiger partial charge in [0.05, 0.1) is 0 Å². The van der Waals surface area contributed by atoms with E-state index in [4.69, 9.17) is 0 Å². The van der Waals surface area contributed by atoms with Crippen molar-refractivity contribution in [3.05, 3.63) is 29.6 Å². The van der Waals surface area contributed by atoms with Gasteiger partial charge in [0.2, 0.25) is 0 Å². The van der Waals surface area contributed by atoms with Gasteiger partial charge >= 0.3 is 0 Å². The molecule has 0 bridgehead atoms. The van der Waals surface area contributed by atoms with Crippen LogP contribution < -0.4 is 5.32 Å². The molecule has 1 aliphatic heterocycles. The van der Waals surface area contributed by atoms with Crippen LogP contribution in [0.25, 0.3) is 11.0 Å². The van der Waals surface area contributed by atoms with Crippen molar-refractivity contribution in [3.8, 4) is 0 Å². The van der Waals surface area contributed by atoms with Crippen LogP contribution in [-0.4, -0.2) is 42.1 Å². The summed E-state index contributed by atoms with van der Waals surface area (Å²) < 4.78 is 0. The minimum absolute atomic E-state index is 0.644. The Morgan fingerprint density at radius 2 is 2.11 bits per heavy atom. The van der Waals surface area contributed by atoms with Crippen LogP contribution in [0.1, 0.15) is 30.0 Å². The fraction of sp³-hybridized carbons (Fsp3) is 0.533. The molecule has 0 aromatic carbocycles. The first-order valence-corrected chi connectivity index (χ1v) is 7.06. The number of rotatable bonds is 3. The minimum atomic E-state index is 0.644. The van der Waals surface area contributed by atoms with Crippen molar-refractivity contribution in [1.82, 2.24) is 20.2 Å². The highest BCUT2D eigenvalue weighted by atomic mass is 15.1. The molecule has 1 saturated heterocycles. The molecule has 0 atom stereocenters. The molecule has 19 heavy (non-hydrogen) atoms. The van der Waals surface area contributed by atoms with E-state index >= 15 is 0 Å². The van der Waals surface area contributed by atoms with Crippen molar-refractivity contribution >= 4 is 11.0 Å². The molecule has 1 fully saturated rings. The highest BCUT2D eigenvalue weighted by Crippen LogP contribution is 2.32. The second-order valence-electron chi connectivity index (χ2n) is 5.68. The van der Waals surface area contributed by atoms with E-state index in [2.05, 4.69) is 40.3 Å². The molecule has 3 rings (SSSR count). The number of pyridine rings is 1. The molecule has 2 N–H and O–H groups in total. The van der Waals surface area contributed by atoms with Crippen LogP contribution in [-0.2, 0) is 6.54 Å². The summed E-state index contributed by atoms with van der Waals surface area (Å²) in [5.74, 6) is 0.644. The molecule has 4 nitrogen and oxygen atoms in total. The largest absolute Gasteiger partial charge is 0.343 e. The van der Waals surface area contributed by atoms with Gasteiger partial charge in [0.1, 0.15) is 5.65 Å². The van der Waals surface area contributed by atoms with E-state index in [1.165, 1.54) is 29.5 Å². The number of aromatic nitrogens is 2. The fourth-order valence-electron chi connectivity index (χ4n) is 3.04. The predicted octanol–water partition coefficient (Wildman–Crippen LogP) is 2.09. The lowest BCUT2D eigenvalue weighted by molar-refractivity contribution is 0.395. The Balaban J connectivity index is 2.05.